The summed E-state index contributed by atoms with van der Waals surface area (Å²) in [6, 6.07) is 5.72. The number of carbonyl (C=O) groups excluding carboxylic acids is 1. The molecule has 0 spiro atoms. The normalized spacial score (nSPS) is 12.1. The van der Waals surface area contributed by atoms with E-state index in [1.54, 1.807) is 14.2 Å². The van der Waals surface area contributed by atoms with E-state index in [9.17, 15) is 4.79 Å². The van der Waals surface area contributed by atoms with Gasteiger partial charge in [0.1, 0.15) is 0 Å². The van der Waals surface area contributed by atoms with E-state index in [4.69, 9.17) is 9.47 Å². The summed E-state index contributed by atoms with van der Waals surface area (Å²) in [5.41, 5.74) is 1.02. The third kappa shape index (κ3) is 3.88. The molecule has 0 aliphatic heterocycles. The number of methoxy groups -OCH3 is 2. The lowest BCUT2D eigenvalue weighted by Crippen LogP contribution is -2.31. The molecule has 0 fully saturated rings. The fraction of sp³-hybridized carbons (Fsp3) is 0.533. The van der Waals surface area contributed by atoms with Gasteiger partial charge < -0.3 is 14.8 Å². The van der Waals surface area contributed by atoms with Crippen molar-refractivity contribution in [2.75, 3.05) is 14.2 Å². The van der Waals surface area contributed by atoms with Crippen molar-refractivity contribution in [1.82, 2.24) is 5.32 Å². The molecule has 0 heterocycles. The Bertz CT molecular complexity index is 429. The van der Waals surface area contributed by atoms with Crippen LogP contribution in [0.3, 0.4) is 0 Å². The Labute approximate surface area is 115 Å². The van der Waals surface area contributed by atoms with Crippen LogP contribution < -0.4 is 14.8 Å². The molecule has 4 nitrogen and oxygen atoms in total. The molecule has 1 unspecified atom stereocenters. The highest BCUT2D eigenvalue weighted by atomic mass is 16.5. The van der Waals surface area contributed by atoms with Gasteiger partial charge in [-0.05, 0) is 24.1 Å². The van der Waals surface area contributed by atoms with Crippen LogP contribution in [0, 0.1) is 5.92 Å². The molecule has 4 heteroatoms. The van der Waals surface area contributed by atoms with Gasteiger partial charge in [-0.2, -0.15) is 0 Å². The van der Waals surface area contributed by atoms with Crippen LogP contribution in [0.5, 0.6) is 11.5 Å². The minimum Gasteiger partial charge on any atom is -0.493 e. The quantitative estimate of drug-likeness (QED) is 0.860. The van der Waals surface area contributed by atoms with Gasteiger partial charge in [0.15, 0.2) is 11.5 Å². The van der Waals surface area contributed by atoms with Crippen LogP contribution in [0.2, 0.25) is 0 Å². The number of benzene rings is 1. The van der Waals surface area contributed by atoms with Gasteiger partial charge in [0.2, 0.25) is 5.91 Å². The summed E-state index contributed by atoms with van der Waals surface area (Å²) in [5.74, 6) is 1.41. The van der Waals surface area contributed by atoms with E-state index >= 15 is 0 Å². The molecular weight excluding hydrogens is 242 g/mol. The highest BCUT2D eigenvalue weighted by molar-refractivity contribution is 5.78. The molecule has 0 saturated heterocycles. The standard InChI is InChI=1S/C15H23NO3/c1-6-12(16-15(17)10(2)3)11-7-8-13(18-4)14(9-11)19-5/h7-10,12H,6H2,1-5H3,(H,16,17). The van der Waals surface area contributed by atoms with E-state index in [1.165, 1.54) is 0 Å². The van der Waals surface area contributed by atoms with Crippen molar-refractivity contribution in [1.29, 1.82) is 0 Å². The van der Waals surface area contributed by atoms with Crippen LogP contribution in [0.1, 0.15) is 38.8 Å². The van der Waals surface area contributed by atoms with Crippen LogP contribution in [-0.4, -0.2) is 20.1 Å². The maximum absolute atomic E-state index is 11.8. The Morgan fingerprint density at radius 1 is 1.21 bits per heavy atom. The molecule has 0 saturated carbocycles. The van der Waals surface area contributed by atoms with E-state index in [0.29, 0.717) is 11.5 Å². The van der Waals surface area contributed by atoms with E-state index in [-0.39, 0.29) is 17.9 Å². The minimum atomic E-state index is -0.0193. The van der Waals surface area contributed by atoms with Crippen LogP contribution in [0.25, 0.3) is 0 Å². The Morgan fingerprint density at radius 2 is 1.84 bits per heavy atom. The average molecular weight is 265 g/mol. The zero-order valence-corrected chi connectivity index (χ0v) is 12.3. The molecule has 0 aliphatic rings. The van der Waals surface area contributed by atoms with Crippen molar-refractivity contribution in [3.63, 3.8) is 0 Å². The van der Waals surface area contributed by atoms with E-state index in [2.05, 4.69) is 5.32 Å². The molecule has 1 rings (SSSR count). The highest BCUT2D eigenvalue weighted by Crippen LogP contribution is 2.30. The number of ether oxygens (including phenoxy) is 2. The molecule has 0 bridgehead atoms. The van der Waals surface area contributed by atoms with Crippen molar-refractivity contribution in [2.45, 2.75) is 33.2 Å². The van der Waals surface area contributed by atoms with Crippen LogP contribution in [0.15, 0.2) is 18.2 Å². The first-order chi connectivity index (χ1) is 9.03. The van der Waals surface area contributed by atoms with Crippen LogP contribution in [-0.2, 0) is 4.79 Å². The smallest absolute Gasteiger partial charge is 0.223 e. The number of rotatable bonds is 6. The fourth-order valence-electron chi connectivity index (χ4n) is 1.83. The Morgan fingerprint density at radius 3 is 2.32 bits per heavy atom. The predicted molar refractivity (Wildman–Crippen MR) is 75.6 cm³/mol. The van der Waals surface area contributed by atoms with Crippen LogP contribution >= 0.6 is 0 Å². The molecular formula is C15H23NO3. The minimum absolute atomic E-state index is 0.00490. The van der Waals surface area contributed by atoms with Gasteiger partial charge >= 0.3 is 0 Å². The molecule has 19 heavy (non-hydrogen) atoms. The van der Waals surface area contributed by atoms with Crippen molar-refractivity contribution < 1.29 is 14.3 Å². The number of nitrogens with one attached hydrogen (secondary N) is 1. The molecule has 1 amide bonds. The van der Waals surface area contributed by atoms with E-state index < -0.39 is 0 Å². The summed E-state index contributed by atoms with van der Waals surface area (Å²) < 4.78 is 10.5. The van der Waals surface area contributed by atoms with Gasteiger partial charge in [0.05, 0.1) is 20.3 Å². The molecule has 1 N–H and O–H groups in total. The summed E-state index contributed by atoms with van der Waals surface area (Å²) in [6.45, 7) is 5.81. The second-order valence-corrected chi connectivity index (χ2v) is 4.74. The first kappa shape index (κ1) is 15.3. The SMILES string of the molecule is CCC(NC(=O)C(C)C)c1ccc(OC)c(OC)c1. The first-order valence-electron chi connectivity index (χ1n) is 6.55. The fourth-order valence-corrected chi connectivity index (χ4v) is 1.83. The lowest BCUT2D eigenvalue weighted by molar-refractivity contribution is -0.124. The second-order valence-electron chi connectivity index (χ2n) is 4.74. The summed E-state index contributed by atoms with van der Waals surface area (Å²) in [4.78, 5) is 11.8. The van der Waals surface area contributed by atoms with Gasteiger partial charge in [0.25, 0.3) is 0 Å². The number of hydrogen-bond acceptors (Lipinski definition) is 3. The lowest BCUT2D eigenvalue weighted by Gasteiger charge is -2.20. The molecule has 1 atom stereocenters. The summed E-state index contributed by atoms with van der Waals surface area (Å²) in [5, 5.41) is 3.04. The summed E-state index contributed by atoms with van der Waals surface area (Å²) >= 11 is 0. The maximum atomic E-state index is 11.8. The third-order valence-corrected chi connectivity index (χ3v) is 3.06. The van der Waals surface area contributed by atoms with E-state index in [0.717, 1.165) is 12.0 Å². The average Bonchev–Trinajstić information content (AvgIpc) is 2.43. The maximum Gasteiger partial charge on any atom is 0.223 e. The van der Waals surface area contributed by atoms with Gasteiger partial charge in [-0.15, -0.1) is 0 Å². The number of amides is 1. The van der Waals surface area contributed by atoms with Crippen LogP contribution in [0.4, 0.5) is 0 Å². The largest absolute Gasteiger partial charge is 0.493 e. The second kappa shape index (κ2) is 7.02. The van der Waals surface area contributed by atoms with Crippen molar-refractivity contribution in [3.05, 3.63) is 23.8 Å². The topological polar surface area (TPSA) is 47.6 Å². The van der Waals surface area contributed by atoms with Gasteiger partial charge in [-0.3, -0.25) is 4.79 Å². The van der Waals surface area contributed by atoms with Gasteiger partial charge in [-0.25, -0.2) is 0 Å². The summed E-state index contributed by atoms with van der Waals surface area (Å²) in [7, 11) is 3.21. The Kier molecular flexibility index (Phi) is 5.67. The molecule has 106 valence electrons. The van der Waals surface area contributed by atoms with Crippen molar-refractivity contribution in [2.24, 2.45) is 5.92 Å². The van der Waals surface area contributed by atoms with E-state index in [1.807, 2.05) is 39.0 Å². The Hall–Kier alpha value is -1.71. The van der Waals surface area contributed by atoms with Crippen molar-refractivity contribution >= 4 is 5.91 Å². The zero-order valence-electron chi connectivity index (χ0n) is 12.3. The molecule has 0 aromatic heterocycles. The number of hydrogen-bond donors (Lipinski definition) is 1. The third-order valence-electron chi connectivity index (χ3n) is 3.06. The Balaban J connectivity index is 2.95. The van der Waals surface area contributed by atoms with Crippen molar-refractivity contribution in [3.8, 4) is 11.5 Å². The van der Waals surface area contributed by atoms with Gasteiger partial charge in [0, 0.05) is 5.92 Å². The first-order valence-corrected chi connectivity index (χ1v) is 6.55. The highest BCUT2D eigenvalue weighted by Gasteiger charge is 2.16. The molecule has 1 aromatic carbocycles. The molecule has 0 aliphatic carbocycles. The predicted octanol–water partition coefficient (Wildman–Crippen LogP) is 2.93. The lowest BCUT2D eigenvalue weighted by atomic mass is 10.0. The summed E-state index contributed by atoms with van der Waals surface area (Å²) in [6.07, 6.45) is 0.827. The van der Waals surface area contributed by atoms with Gasteiger partial charge in [-0.1, -0.05) is 26.8 Å². The number of carbonyl (C=O) groups is 1. The molecule has 1 aromatic rings. The zero-order chi connectivity index (χ0) is 14.4. The monoisotopic (exact) mass is 265 g/mol. The molecule has 0 radical (unpaired) electrons.